The molecule has 1 aromatic rings. The molecule has 1 aromatic carbocycles. The number of hydrogen-bond donors (Lipinski definition) is 2. The van der Waals surface area contributed by atoms with Crippen molar-refractivity contribution in [1.29, 1.82) is 0 Å². The summed E-state index contributed by atoms with van der Waals surface area (Å²) in [5.41, 5.74) is 1.45. The van der Waals surface area contributed by atoms with E-state index in [1.54, 1.807) is 6.07 Å². The summed E-state index contributed by atoms with van der Waals surface area (Å²) >= 11 is 6.08. The lowest BCUT2D eigenvalue weighted by atomic mass is 9.78. The maximum atomic E-state index is 12.4. The SMILES string of the molecule is Cc1cccc(Cl)c1NC(=O)C1CCCCC1C(=O)O. The molecule has 0 saturated heterocycles. The van der Waals surface area contributed by atoms with Crippen LogP contribution in [0.3, 0.4) is 0 Å². The second-order valence-corrected chi connectivity index (χ2v) is 5.66. The zero-order chi connectivity index (χ0) is 14.7. The van der Waals surface area contributed by atoms with Gasteiger partial charge in [-0.1, -0.05) is 36.6 Å². The number of aliphatic carboxylic acids is 1. The molecule has 1 aliphatic rings. The number of para-hydroxylation sites is 1. The van der Waals surface area contributed by atoms with Crippen LogP contribution < -0.4 is 5.32 Å². The summed E-state index contributed by atoms with van der Waals surface area (Å²) in [6.45, 7) is 1.86. The van der Waals surface area contributed by atoms with Gasteiger partial charge in [0.2, 0.25) is 5.91 Å². The van der Waals surface area contributed by atoms with E-state index >= 15 is 0 Å². The average molecular weight is 296 g/mol. The Labute approximate surface area is 123 Å². The molecule has 1 saturated carbocycles. The van der Waals surface area contributed by atoms with Gasteiger partial charge < -0.3 is 10.4 Å². The summed E-state index contributed by atoms with van der Waals surface area (Å²) in [5, 5.41) is 12.5. The Kier molecular flexibility index (Phi) is 4.65. The van der Waals surface area contributed by atoms with Crippen molar-refractivity contribution in [3.63, 3.8) is 0 Å². The van der Waals surface area contributed by atoms with Gasteiger partial charge in [-0.3, -0.25) is 9.59 Å². The highest BCUT2D eigenvalue weighted by Crippen LogP contribution is 2.33. The molecule has 0 spiro atoms. The first kappa shape index (κ1) is 14.9. The highest BCUT2D eigenvalue weighted by atomic mass is 35.5. The Bertz CT molecular complexity index is 510. The molecule has 2 rings (SSSR count). The molecule has 108 valence electrons. The fourth-order valence-electron chi connectivity index (χ4n) is 2.75. The Morgan fingerprint density at radius 1 is 1.25 bits per heavy atom. The van der Waals surface area contributed by atoms with Gasteiger partial charge >= 0.3 is 5.97 Å². The van der Waals surface area contributed by atoms with Crippen LogP contribution in [0.5, 0.6) is 0 Å². The van der Waals surface area contributed by atoms with Crippen LogP contribution in [0.1, 0.15) is 31.2 Å². The molecule has 20 heavy (non-hydrogen) atoms. The van der Waals surface area contributed by atoms with Crippen molar-refractivity contribution in [3.8, 4) is 0 Å². The monoisotopic (exact) mass is 295 g/mol. The van der Waals surface area contributed by atoms with Crippen molar-refractivity contribution in [2.75, 3.05) is 5.32 Å². The number of carboxylic acid groups (broad SMARTS) is 1. The van der Waals surface area contributed by atoms with Crippen molar-refractivity contribution in [3.05, 3.63) is 28.8 Å². The van der Waals surface area contributed by atoms with Crippen molar-refractivity contribution < 1.29 is 14.7 Å². The quantitative estimate of drug-likeness (QED) is 0.897. The molecule has 0 heterocycles. The number of carboxylic acids is 1. The van der Waals surface area contributed by atoms with Crippen LogP contribution in [0.2, 0.25) is 5.02 Å². The maximum Gasteiger partial charge on any atom is 0.307 e. The Hall–Kier alpha value is -1.55. The first-order valence-corrected chi connectivity index (χ1v) is 7.17. The minimum Gasteiger partial charge on any atom is -0.481 e. The summed E-state index contributed by atoms with van der Waals surface area (Å²) in [5.74, 6) is -2.20. The number of rotatable bonds is 3. The van der Waals surface area contributed by atoms with Crippen LogP contribution in [0, 0.1) is 18.8 Å². The van der Waals surface area contributed by atoms with E-state index in [9.17, 15) is 14.7 Å². The molecule has 2 unspecified atom stereocenters. The van der Waals surface area contributed by atoms with Crippen LogP contribution in [0.25, 0.3) is 0 Å². The van der Waals surface area contributed by atoms with E-state index in [4.69, 9.17) is 11.6 Å². The van der Waals surface area contributed by atoms with Crippen LogP contribution in [0.4, 0.5) is 5.69 Å². The van der Waals surface area contributed by atoms with Crippen LogP contribution in [0.15, 0.2) is 18.2 Å². The smallest absolute Gasteiger partial charge is 0.307 e. The minimum absolute atomic E-state index is 0.242. The number of benzene rings is 1. The molecule has 0 aromatic heterocycles. The molecule has 0 bridgehead atoms. The van der Waals surface area contributed by atoms with Gasteiger partial charge in [0.05, 0.1) is 22.5 Å². The lowest BCUT2D eigenvalue weighted by Crippen LogP contribution is -2.36. The van der Waals surface area contributed by atoms with Crippen molar-refractivity contribution in [2.45, 2.75) is 32.6 Å². The maximum absolute atomic E-state index is 12.4. The Balaban J connectivity index is 2.16. The van der Waals surface area contributed by atoms with Gasteiger partial charge in [-0.2, -0.15) is 0 Å². The number of anilines is 1. The van der Waals surface area contributed by atoms with Gasteiger partial charge in [-0.15, -0.1) is 0 Å². The Morgan fingerprint density at radius 3 is 2.50 bits per heavy atom. The van der Waals surface area contributed by atoms with Crippen molar-refractivity contribution in [1.82, 2.24) is 0 Å². The predicted molar refractivity (Wildman–Crippen MR) is 77.9 cm³/mol. The number of amides is 1. The van der Waals surface area contributed by atoms with E-state index in [0.717, 1.165) is 18.4 Å². The van der Waals surface area contributed by atoms with E-state index in [2.05, 4.69) is 5.32 Å². The van der Waals surface area contributed by atoms with Gasteiger partial charge in [-0.05, 0) is 31.4 Å². The summed E-state index contributed by atoms with van der Waals surface area (Å²) in [7, 11) is 0. The lowest BCUT2D eigenvalue weighted by Gasteiger charge is -2.27. The highest BCUT2D eigenvalue weighted by Gasteiger charge is 2.35. The van der Waals surface area contributed by atoms with Crippen molar-refractivity contribution in [2.24, 2.45) is 11.8 Å². The Morgan fingerprint density at radius 2 is 1.90 bits per heavy atom. The predicted octanol–water partition coefficient (Wildman–Crippen LogP) is 3.48. The van der Waals surface area contributed by atoms with E-state index in [0.29, 0.717) is 23.6 Å². The first-order chi connectivity index (χ1) is 9.50. The number of halogens is 1. The lowest BCUT2D eigenvalue weighted by molar-refractivity contribution is -0.147. The molecule has 1 aliphatic carbocycles. The van der Waals surface area contributed by atoms with Crippen molar-refractivity contribution >= 4 is 29.2 Å². The van der Waals surface area contributed by atoms with E-state index in [1.807, 2.05) is 19.1 Å². The largest absolute Gasteiger partial charge is 0.481 e. The summed E-state index contributed by atoms with van der Waals surface area (Å²) in [6, 6.07) is 5.38. The fourth-order valence-corrected chi connectivity index (χ4v) is 3.02. The van der Waals surface area contributed by atoms with Gasteiger partial charge in [0.1, 0.15) is 0 Å². The third kappa shape index (κ3) is 3.12. The summed E-state index contributed by atoms with van der Waals surface area (Å²) in [6.07, 6.45) is 2.94. The van der Waals surface area contributed by atoms with E-state index < -0.39 is 17.8 Å². The third-order valence-electron chi connectivity index (χ3n) is 3.89. The summed E-state index contributed by atoms with van der Waals surface area (Å²) < 4.78 is 0. The molecular weight excluding hydrogens is 278 g/mol. The normalized spacial score (nSPS) is 22.3. The van der Waals surface area contributed by atoms with Crippen LogP contribution in [-0.2, 0) is 9.59 Å². The average Bonchev–Trinajstić information content (AvgIpc) is 2.43. The highest BCUT2D eigenvalue weighted by molar-refractivity contribution is 6.34. The third-order valence-corrected chi connectivity index (χ3v) is 4.21. The molecule has 1 fully saturated rings. The second-order valence-electron chi connectivity index (χ2n) is 5.26. The van der Waals surface area contributed by atoms with E-state index in [1.165, 1.54) is 0 Å². The zero-order valence-corrected chi connectivity index (χ0v) is 12.1. The van der Waals surface area contributed by atoms with Gasteiger partial charge in [0.15, 0.2) is 0 Å². The number of hydrogen-bond acceptors (Lipinski definition) is 2. The van der Waals surface area contributed by atoms with Crippen LogP contribution in [-0.4, -0.2) is 17.0 Å². The van der Waals surface area contributed by atoms with Gasteiger partial charge in [0.25, 0.3) is 0 Å². The molecule has 4 nitrogen and oxygen atoms in total. The van der Waals surface area contributed by atoms with E-state index in [-0.39, 0.29) is 5.91 Å². The standard InChI is InChI=1S/C15H18ClNO3/c1-9-5-4-8-12(16)13(9)17-14(18)10-6-2-3-7-11(10)15(19)20/h4-5,8,10-11H,2-3,6-7H2,1H3,(H,17,18)(H,19,20). The molecule has 2 atom stereocenters. The second kappa shape index (κ2) is 6.27. The molecular formula is C15H18ClNO3. The van der Waals surface area contributed by atoms with Crippen LogP contribution >= 0.6 is 11.6 Å². The minimum atomic E-state index is -0.888. The molecule has 1 amide bonds. The first-order valence-electron chi connectivity index (χ1n) is 6.79. The number of carbonyl (C=O) groups is 2. The number of aryl methyl sites for hydroxylation is 1. The molecule has 2 N–H and O–H groups in total. The molecule has 5 heteroatoms. The number of nitrogens with one attached hydrogen (secondary N) is 1. The van der Waals surface area contributed by atoms with Gasteiger partial charge in [0, 0.05) is 0 Å². The zero-order valence-electron chi connectivity index (χ0n) is 11.4. The molecule has 0 radical (unpaired) electrons. The topological polar surface area (TPSA) is 66.4 Å². The fraction of sp³-hybridized carbons (Fsp3) is 0.467. The summed E-state index contributed by atoms with van der Waals surface area (Å²) in [4.78, 5) is 23.6. The number of carbonyl (C=O) groups excluding carboxylic acids is 1. The van der Waals surface area contributed by atoms with Gasteiger partial charge in [-0.25, -0.2) is 0 Å². The molecule has 0 aliphatic heterocycles.